The Labute approximate surface area is 155 Å². The van der Waals surface area contributed by atoms with E-state index in [1.54, 1.807) is 5.30 Å². The molecule has 0 bridgehead atoms. The van der Waals surface area contributed by atoms with Crippen molar-refractivity contribution < 1.29 is 0 Å². The fraction of sp³-hybridized carbons (Fsp3) is 0.217. The van der Waals surface area contributed by atoms with Crippen molar-refractivity contribution >= 4 is 37.7 Å². The fourth-order valence-electron chi connectivity index (χ4n) is 3.15. The van der Waals surface area contributed by atoms with Crippen molar-refractivity contribution in [2.75, 3.05) is 6.66 Å². The topological polar surface area (TPSA) is 0 Å². The largest absolute Gasteiger partial charge is 0.0929 e. The van der Waals surface area contributed by atoms with Crippen LogP contribution >= 0.6 is 16.5 Å². The van der Waals surface area contributed by atoms with Crippen LogP contribution in [0.2, 0.25) is 0 Å². The maximum atomic E-state index is 2.33. The molecule has 0 fully saturated rings. The summed E-state index contributed by atoms with van der Waals surface area (Å²) in [7, 11) is 0.252. The third-order valence-electron chi connectivity index (χ3n) is 4.37. The van der Waals surface area contributed by atoms with E-state index in [1.165, 1.54) is 21.5 Å². The fourth-order valence-corrected chi connectivity index (χ4v) is 7.18. The standard InChI is InChI=1S/C23H26P2/c1-23(2,3)20-16-11-17-21(24-4)22(20)25(18-12-7-5-8-13-18)19-14-9-6-10-15-19/h5-17,24H,1-4H3. The summed E-state index contributed by atoms with van der Waals surface area (Å²) in [6.45, 7) is 9.29. The maximum Gasteiger partial charge on any atom is -0.00395 e. The van der Waals surface area contributed by atoms with Crippen molar-refractivity contribution in [2.45, 2.75) is 26.2 Å². The first kappa shape index (κ1) is 18.3. The average Bonchev–Trinajstić information content (AvgIpc) is 2.63. The van der Waals surface area contributed by atoms with Gasteiger partial charge in [0.05, 0.1) is 0 Å². The zero-order chi connectivity index (χ0) is 17.9. The highest BCUT2D eigenvalue weighted by Crippen LogP contribution is 2.37. The summed E-state index contributed by atoms with van der Waals surface area (Å²) in [4.78, 5) is 0. The Bertz CT molecular complexity index is 778. The first-order chi connectivity index (χ1) is 12.0. The summed E-state index contributed by atoms with van der Waals surface area (Å²) in [5, 5.41) is 5.93. The average molecular weight is 364 g/mol. The van der Waals surface area contributed by atoms with Gasteiger partial charge < -0.3 is 0 Å². The highest BCUT2D eigenvalue weighted by atomic mass is 31.1. The van der Waals surface area contributed by atoms with Gasteiger partial charge >= 0.3 is 0 Å². The van der Waals surface area contributed by atoms with Crippen LogP contribution in [0.3, 0.4) is 0 Å². The molecule has 0 radical (unpaired) electrons. The van der Waals surface area contributed by atoms with E-state index < -0.39 is 7.92 Å². The van der Waals surface area contributed by atoms with Gasteiger partial charge in [0.2, 0.25) is 0 Å². The Hall–Kier alpha value is -1.48. The Balaban J connectivity index is 2.31. The molecule has 0 N–H and O–H groups in total. The van der Waals surface area contributed by atoms with Crippen molar-refractivity contribution in [3.8, 4) is 0 Å². The van der Waals surface area contributed by atoms with E-state index in [0.29, 0.717) is 0 Å². The Morgan fingerprint density at radius 1 is 0.680 bits per heavy atom. The smallest absolute Gasteiger partial charge is 0.00395 e. The number of rotatable bonds is 4. The van der Waals surface area contributed by atoms with Crippen molar-refractivity contribution in [1.29, 1.82) is 0 Å². The maximum absolute atomic E-state index is 2.33. The van der Waals surface area contributed by atoms with E-state index in [4.69, 9.17) is 0 Å². The van der Waals surface area contributed by atoms with E-state index >= 15 is 0 Å². The lowest BCUT2D eigenvalue weighted by atomic mass is 9.87. The Morgan fingerprint density at radius 3 is 1.64 bits per heavy atom. The zero-order valence-corrected chi connectivity index (χ0v) is 17.3. The molecule has 1 unspecified atom stereocenters. The van der Waals surface area contributed by atoms with Gasteiger partial charge in [-0.05, 0) is 46.8 Å². The molecule has 0 aliphatic carbocycles. The van der Waals surface area contributed by atoms with Crippen molar-refractivity contribution in [2.24, 2.45) is 0 Å². The molecular weight excluding hydrogens is 338 g/mol. The molecule has 25 heavy (non-hydrogen) atoms. The van der Waals surface area contributed by atoms with Crippen LogP contribution in [0.4, 0.5) is 0 Å². The summed E-state index contributed by atoms with van der Waals surface area (Å²) in [5.41, 5.74) is 1.62. The molecule has 0 nitrogen and oxygen atoms in total. The summed E-state index contributed by atoms with van der Waals surface area (Å²) in [6.07, 6.45) is 0. The minimum atomic E-state index is -0.551. The van der Waals surface area contributed by atoms with Crippen LogP contribution in [0.15, 0.2) is 78.9 Å². The molecule has 2 heteroatoms. The highest BCUT2D eigenvalue weighted by Gasteiger charge is 2.27. The van der Waals surface area contributed by atoms with Crippen molar-refractivity contribution in [3.05, 3.63) is 84.4 Å². The van der Waals surface area contributed by atoms with Gasteiger partial charge in [-0.3, -0.25) is 0 Å². The molecule has 3 rings (SSSR count). The lowest BCUT2D eigenvalue weighted by Gasteiger charge is -2.30. The van der Waals surface area contributed by atoms with Crippen LogP contribution < -0.4 is 21.2 Å². The Kier molecular flexibility index (Phi) is 5.73. The third-order valence-corrected chi connectivity index (χ3v) is 8.09. The quantitative estimate of drug-likeness (QED) is 0.590. The van der Waals surface area contributed by atoms with Gasteiger partial charge in [0.15, 0.2) is 0 Å². The van der Waals surface area contributed by atoms with Gasteiger partial charge in [-0.15, -0.1) is 0 Å². The van der Waals surface area contributed by atoms with Crippen LogP contribution in [-0.2, 0) is 5.41 Å². The minimum absolute atomic E-state index is 0.134. The minimum Gasteiger partial charge on any atom is -0.0929 e. The molecule has 1 atom stereocenters. The monoisotopic (exact) mass is 364 g/mol. The molecule has 0 spiro atoms. The predicted molar refractivity (Wildman–Crippen MR) is 118 cm³/mol. The van der Waals surface area contributed by atoms with Crippen LogP contribution in [-0.4, -0.2) is 6.66 Å². The second-order valence-corrected chi connectivity index (χ2v) is 10.4. The van der Waals surface area contributed by atoms with E-state index in [0.717, 1.165) is 8.58 Å². The lowest BCUT2D eigenvalue weighted by molar-refractivity contribution is 0.594. The van der Waals surface area contributed by atoms with Gasteiger partial charge in [-0.2, -0.15) is 0 Å². The van der Waals surface area contributed by atoms with E-state index in [-0.39, 0.29) is 5.41 Å². The molecule has 3 aromatic rings. The van der Waals surface area contributed by atoms with Crippen LogP contribution in [0, 0.1) is 0 Å². The summed E-state index contributed by atoms with van der Waals surface area (Å²) in [5.74, 6) is 0. The molecule has 0 aliphatic heterocycles. The zero-order valence-electron chi connectivity index (χ0n) is 15.5. The normalized spacial score (nSPS) is 12.2. The van der Waals surface area contributed by atoms with Crippen molar-refractivity contribution in [3.63, 3.8) is 0 Å². The first-order valence-electron chi connectivity index (χ1n) is 8.74. The molecule has 0 aliphatic rings. The summed E-state index contributed by atoms with van der Waals surface area (Å²) in [6, 6.07) is 29.0. The predicted octanol–water partition coefficient (Wildman–Crippen LogP) is 4.68. The van der Waals surface area contributed by atoms with Crippen LogP contribution in [0.5, 0.6) is 0 Å². The van der Waals surface area contributed by atoms with E-state index in [1.807, 2.05) is 0 Å². The molecule has 3 aromatic carbocycles. The number of hydrogen-bond acceptors (Lipinski definition) is 0. The Morgan fingerprint density at radius 2 is 1.20 bits per heavy atom. The molecule has 0 aromatic heterocycles. The molecule has 0 saturated carbocycles. The summed E-state index contributed by atoms with van der Waals surface area (Å²) < 4.78 is 0. The second-order valence-electron chi connectivity index (χ2n) is 7.21. The van der Waals surface area contributed by atoms with Gasteiger partial charge in [0.1, 0.15) is 0 Å². The van der Waals surface area contributed by atoms with Gasteiger partial charge in [-0.25, -0.2) is 0 Å². The first-order valence-corrected chi connectivity index (χ1v) is 11.6. The van der Waals surface area contributed by atoms with Crippen LogP contribution in [0.25, 0.3) is 0 Å². The molecular formula is C23H26P2. The third kappa shape index (κ3) is 4.03. The molecule has 128 valence electrons. The van der Waals surface area contributed by atoms with Crippen molar-refractivity contribution in [1.82, 2.24) is 0 Å². The van der Waals surface area contributed by atoms with E-state index in [2.05, 4.69) is 106 Å². The second kappa shape index (κ2) is 7.82. The van der Waals surface area contributed by atoms with Gasteiger partial charge in [0, 0.05) is 0 Å². The van der Waals surface area contributed by atoms with E-state index in [9.17, 15) is 0 Å². The number of hydrogen-bond donors (Lipinski definition) is 0. The SMILES string of the molecule is CPc1cccc(C(C)(C)C)c1P(c1ccccc1)c1ccccc1. The molecule has 0 amide bonds. The van der Waals surface area contributed by atoms with Gasteiger partial charge in [0.25, 0.3) is 0 Å². The number of benzene rings is 3. The highest BCUT2D eigenvalue weighted by molar-refractivity contribution is 7.81. The molecule has 0 saturated heterocycles. The lowest BCUT2D eigenvalue weighted by Crippen LogP contribution is -2.35. The summed E-state index contributed by atoms with van der Waals surface area (Å²) >= 11 is 0. The van der Waals surface area contributed by atoms with Gasteiger partial charge in [-0.1, -0.05) is 108 Å². The van der Waals surface area contributed by atoms with Crippen LogP contribution in [0.1, 0.15) is 26.3 Å². The molecule has 0 heterocycles.